The van der Waals surface area contributed by atoms with E-state index in [1.807, 2.05) is 6.92 Å². The van der Waals surface area contributed by atoms with Gasteiger partial charge in [-0.25, -0.2) is 4.79 Å². The maximum absolute atomic E-state index is 11.2. The zero-order valence-corrected chi connectivity index (χ0v) is 8.18. The summed E-state index contributed by atoms with van der Waals surface area (Å²) in [5.74, 6) is 0. The summed E-state index contributed by atoms with van der Waals surface area (Å²) in [7, 11) is 0. The molecule has 1 unspecified atom stereocenters. The van der Waals surface area contributed by atoms with E-state index in [0.717, 1.165) is 25.7 Å². The zero-order chi connectivity index (χ0) is 9.68. The second-order valence-electron chi connectivity index (χ2n) is 3.72. The zero-order valence-electron chi connectivity index (χ0n) is 8.18. The molecule has 1 aliphatic rings. The SMILES string of the molecule is CC(CCCN)NC(=O)NC1CC1. The van der Waals surface area contributed by atoms with Gasteiger partial charge in [-0.05, 0) is 39.2 Å². The Morgan fingerprint density at radius 1 is 1.62 bits per heavy atom. The van der Waals surface area contributed by atoms with Gasteiger partial charge in [0.2, 0.25) is 0 Å². The van der Waals surface area contributed by atoms with E-state index in [-0.39, 0.29) is 12.1 Å². The summed E-state index contributed by atoms with van der Waals surface area (Å²) in [6.07, 6.45) is 4.18. The summed E-state index contributed by atoms with van der Waals surface area (Å²) in [5.41, 5.74) is 5.37. The quantitative estimate of drug-likeness (QED) is 0.586. The fourth-order valence-electron chi connectivity index (χ4n) is 1.17. The summed E-state index contributed by atoms with van der Waals surface area (Å²) in [6.45, 7) is 2.69. The Morgan fingerprint density at radius 2 is 2.31 bits per heavy atom. The third-order valence-corrected chi connectivity index (χ3v) is 2.13. The molecular weight excluding hydrogens is 166 g/mol. The van der Waals surface area contributed by atoms with E-state index in [9.17, 15) is 4.79 Å². The molecule has 1 aliphatic carbocycles. The van der Waals surface area contributed by atoms with Gasteiger partial charge in [0.05, 0.1) is 0 Å². The predicted octanol–water partition coefficient (Wildman–Crippen LogP) is 0.575. The van der Waals surface area contributed by atoms with E-state index in [4.69, 9.17) is 5.73 Å². The molecule has 1 saturated carbocycles. The summed E-state index contributed by atoms with van der Waals surface area (Å²) in [5, 5.41) is 5.76. The van der Waals surface area contributed by atoms with Crippen LogP contribution in [0.1, 0.15) is 32.6 Å². The van der Waals surface area contributed by atoms with Crippen molar-refractivity contribution in [3.8, 4) is 0 Å². The van der Waals surface area contributed by atoms with Crippen LogP contribution in [-0.4, -0.2) is 24.7 Å². The molecule has 76 valence electrons. The molecule has 0 saturated heterocycles. The first-order chi connectivity index (χ1) is 6.22. The Labute approximate surface area is 79.3 Å². The minimum Gasteiger partial charge on any atom is -0.336 e. The van der Waals surface area contributed by atoms with E-state index in [2.05, 4.69) is 10.6 Å². The van der Waals surface area contributed by atoms with Gasteiger partial charge in [0.25, 0.3) is 0 Å². The van der Waals surface area contributed by atoms with Crippen LogP contribution in [0.3, 0.4) is 0 Å². The van der Waals surface area contributed by atoms with Crippen molar-refractivity contribution >= 4 is 6.03 Å². The van der Waals surface area contributed by atoms with Crippen LogP contribution in [0, 0.1) is 0 Å². The topological polar surface area (TPSA) is 67.1 Å². The number of hydrogen-bond acceptors (Lipinski definition) is 2. The van der Waals surface area contributed by atoms with E-state index in [1.165, 1.54) is 0 Å². The Kier molecular flexibility index (Phi) is 4.02. The van der Waals surface area contributed by atoms with Crippen molar-refractivity contribution in [2.24, 2.45) is 5.73 Å². The molecule has 4 nitrogen and oxygen atoms in total. The predicted molar refractivity (Wildman–Crippen MR) is 52.4 cm³/mol. The van der Waals surface area contributed by atoms with Gasteiger partial charge in [0.1, 0.15) is 0 Å². The molecule has 13 heavy (non-hydrogen) atoms. The normalized spacial score (nSPS) is 18.0. The van der Waals surface area contributed by atoms with E-state index in [0.29, 0.717) is 12.6 Å². The minimum absolute atomic E-state index is 0.0352. The molecule has 1 atom stereocenters. The Balaban J connectivity index is 2.03. The summed E-state index contributed by atoms with van der Waals surface area (Å²) < 4.78 is 0. The van der Waals surface area contributed by atoms with Gasteiger partial charge in [-0.1, -0.05) is 0 Å². The molecule has 1 fully saturated rings. The number of nitrogens with two attached hydrogens (primary N) is 1. The molecule has 0 radical (unpaired) electrons. The van der Waals surface area contributed by atoms with Crippen LogP contribution >= 0.6 is 0 Å². The highest BCUT2D eigenvalue weighted by Crippen LogP contribution is 2.18. The average molecular weight is 185 g/mol. The van der Waals surface area contributed by atoms with Crippen LogP contribution in [0.25, 0.3) is 0 Å². The van der Waals surface area contributed by atoms with Gasteiger partial charge in [-0.3, -0.25) is 0 Å². The lowest BCUT2D eigenvalue weighted by Gasteiger charge is -2.13. The average Bonchev–Trinajstić information content (AvgIpc) is 2.84. The number of nitrogens with one attached hydrogen (secondary N) is 2. The van der Waals surface area contributed by atoms with Gasteiger partial charge in [0.15, 0.2) is 0 Å². The van der Waals surface area contributed by atoms with Crippen LogP contribution < -0.4 is 16.4 Å². The maximum Gasteiger partial charge on any atom is 0.315 e. The van der Waals surface area contributed by atoms with Crippen LogP contribution in [0.4, 0.5) is 4.79 Å². The smallest absolute Gasteiger partial charge is 0.315 e. The van der Waals surface area contributed by atoms with Crippen molar-refractivity contribution in [1.82, 2.24) is 10.6 Å². The van der Waals surface area contributed by atoms with Crippen LogP contribution in [0.2, 0.25) is 0 Å². The molecule has 1 rings (SSSR count). The molecule has 0 aromatic rings. The molecule has 0 aromatic carbocycles. The minimum atomic E-state index is -0.0352. The summed E-state index contributed by atoms with van der Waals surface area (Å²) in [4.78, 5) is 11.2. The van der Waals surface area contributed by atoms with Gasteiger partial charge in [0, 0.05) is 12.1 Å². The number of carbonyl (C=O) groups excluding carboxylic acids is 1. The first-order valence-electron chi connectivity index (χ1n) is 4.99. The van der Waals surface area contributed by atoms with Gasteiger partial charge in [-0.2, -0.15) is 0 Å². The highest BCUT2D eigenvalue weighted by atomic mass is 16.2. The summed E-state index contributed by atoms with van der Waals surface area (Å²) >= 11 is 0. The second kappa shape index (κ2) is 5.07. The Bertz CT molecular complexity index is 168. The fourth-order valence-corrected chi connectivity index (χ4v) is 1.17. The number of rotatable bonds is 5. The number of carbonyl (C=O) groups is 1. The van der Waals surface area contributed by atoms with Crippen molar-refractivity contribution in [3.63, 3.8) is 0 Å². The molecule has 0 spiro atoms. The monoisotopic (exact) mass is 185 g/mol. The largest absolute Gasteiger partial charge is 0.336 e. The van der Waals surface area contributed by atoms with Crippen molar-refractivity contribution in [3.05, 3.63) is 0 Å². The number of hydrogen-bond donors (Lipinski definition) is 3. The van der Waals surface area contributed by atoms with Gasteiger partial charge in [-0.15, -0.1) is 0 Å². The van der Waals surface area contributed by atoms with Gasteiger partial charge >= 0.3 is 6.03 Å². The van der Waals surface area contributed by atoms with Gasteiger partial charge < -0.3 is 16.4 Å². The highest BCUT2D eigenvalue weighted by molar-refractivity contribution is 5.74. The van der Waals surface area contributed by atoms with E-state index in [1.54, 1.807) is 0 Å². The third kappa shape index (κ3) is 4.72. The molecule has 0 bridgehead atoms. The number of urea groups is 1. The fraction of sp³-hybridized carbons (Fsp3) is 0.889. The molecule has 2 amide bonds. The highest BCUT2D eigenvalue weighted by Gasteiger charge is 2.23. The van der Waals surface area contributed by atoms with Crippen molar-refractivity contribution < 1.29 is 4.79 Å². The lowest BCUT2D eigenvalue weighted by Crippen LogP contribution is -2.41. The first-order valence-corrected chi connectivity index (χ1v) is 4.99. The van der Waals surface area contributed by atoms with Crippen LogP contribution in [0.15, 0.2) is 0 Å². The maximum atomic E-state index is 11.2. The molecule has 4 N–H and O–H groups in total. The molecule has 0 heterocycles. The lowest BCUT2D eigenvalue weighted by molar-refractivity contribution is 0.236. The first kappa shape index (κ1) is 10.3. The van der Waals surface area contributed by atoms with Crippen molar-refractivity contribution in [1.29, 1.82) is 0 Å². The standard InChI is InChI=1S/C9H19N3O/c1-7(3-2-6-10)11-9(13)12-8-4-5-8/h7-8H,2-6,10H2,1H3,(H2,11,12,13). The summed E-state index contributed by atoms with van der Waals surface area (Å²) in [6, 6.07) is 0.621. The van der Waals surface area contributed by atoms with Crippen molar-refractivity contribution in [2.75, 3.05) is 6.54 Å². The molecule has 0 aromatic heterocycles. The Hall–Kier alpha value is -0.770. The number of amides is 2. The third-order valence-electron chi connectivity index (χ3n) is 2.13. The molecular formula is C9H19N3O. The van der Waals surface area contributed by atoms with E-state index >= 15 is 0 Å². The molecule has 0 aliphatic heterocycles. The van der Waals surface area contributed by atoms with Crippen LogP contribution in [-0.2, 0) is 0 Å². The van der Waals surface area contributed by atoms with Crippen molar-refractivity contribution in [2.45, 2.75) is 44.7 Å². The molecule has 4 heteroatoms. The lowest BCUT2D eigenvalue weighted by atomic mass is 10.2. The Morgan fingerprint density at radius 3 is 2.85 bits per heavy atom. The van der Waals surface area contributed by atoms with E-state index < -0.39 is 0 Å². The van der Waals surface area contributed by atoms with Crippen LogP contribution in [0.5, 0.6) is 0 Å². The second-order valence-corrected chi connectivity index (χ2v) is 3.72.